The summed E-state index contributed by atoms with van der Waals surface area (Å²) in [5, 5.41) is 2.71. The number of carbonyl (C=O) groups is 2. The van der Waals surface area contributed by atoms with Gasteiger partial charge in [-0.25, -0.2) is 4.79 Å². The molecule has 21 heavy (non-hydrogen) atoms. The van der Waals surface area contributed by atoms with Gasteiger partial charge in [-0.15, -0.1) is 0 Å². The van der Waals surface area contributed by atoms with Gasteiger partial charge in [0.15, 0.2) is 0 Å². The van der Waals surface area contributed by atoms with Crippen LogP contribution in [0.25, 0.3) is 0 Å². The van der Waals surface area contributed by atoms with Gasteiger partial charge in [-0.3, -0.25) is 4.79 Å². The molecule has 0 spiro atoms. The molecule has 1 heterocycles. The molecule has 0 unspecified atom stereocenters. The Balaban J connectivity index is 1.72. The van der Waals surface area contributed by atoms with E-state index >= 15 is 0 Å². The average Bonchev–Trinajstić information content (AvgIpc) is 2.99. The van der Waals surface area contributed by atoms with E-state index in [1.54, 1.807) is 4.90 Å². The van der Waals surface area contributed by atoms with Crippen LogP contribution in [-0.4, -0.2) is 42.6 Å². The van der Waals surface area contributed by atoms with Gasteiger partial charge in [0, 0.05) is 19.1 Å². The highest BCUT2D eigenvalue weighted by atomic mass is 16.5. The Morgan fingerprint density at radius 2 is 2.10 bits per heavy atom. The topological polar surface area (TPSA) is 84.7 Å². The van der Waals surface area contributed by atoms with Crippen LogP contribution < -0.4 is 11.1 Å². The van der Waals surface area contributed by atoms with Crippen molar-refractivity contribution in [2.24, 2.45) is 5.73 Å². The van der Waals surface area contributed by atoms with Crippen LogP contribution in [0.2, 0.25) is 0 Å². The Hall–Kier alpha value is -2.08. The summed E-state index contributed by atoms with van der Waals surface area (Å²) in [7, 11) is 0. The van der Waals surface area contributed by atoms with Crippen LogP contribution in [0.5, 0.6) is 0 Å². The third-order valence-electron chi connectivity index (χ3n) is 3.57. The minimum atomic E-state index is -0.467. The highest BCUT2D eigenvalue weighted by Gasteiger charge is 2.28. The van der Waals surface area contributed by atoms with Gasteiger partial charge in [0.05, 0.1) is 6.54 Å². The van der Waals surface area contributed by atoms with Gasteiger partial charge in [0.1, 0.15) is 6.61 Å². The zero-order valence-electron chi connectivity index (χ0n) is 12.0. The van der Waals surface area contributed by atoms with Crippen LogP contribution in [0.15, 0.2) is 30.3 Å². The largest absolute Gasteiger partial charge is 0.445 e. The smallest absolute Gasteiger partial charge is 0.407 e. The van der Waals surface area contributed by atoms with Crippen molar-refractivity contribution in [2.45, 2.75) is 25.5 Å². The lowest BCUT2D eigenvalue weighted by Gasteiger charge is -2.24. The monoisotopic (exact) mass is 291 g/mol. The molecule has 0 aromatic heterocycles. The van der Waals surface area contributed by atoms with Crippen molar-refractivity contribution < 1.29 is 14.3 Å². The number of hydrogen-bond donors (Lipinski definition) is 2. The third-order valence-corrected chi connectivity index (χ3v) is 3.57. The second-order valence-electron chi connectivity index (χ2n) is 5.03. The van der Waals surface area contributed by atoms with Crippen LogP contribution in [0, 0.1) is 0 Å². The fourth-order valence-electron chi connectivity index (χ4n) is 2.47. The molecule has 114 valence electrons. The number of nitrogens with two attached hydrogens (primary N) is 1. The van der Waals surface area contributed by atoms with E-state index in [4.69, 9.17) is 10.5 Å². The van der Waals surface area contributed by atoms with Crippen molar-refractivity contribution in [1.29, 1.82) is 0 Å². The standard InChI is InChI=1S/C15H21N3O3/c16-9-14(19)18-8-4-7-13(18)10-17-15(20)21-11-12-5-2-1-3-6-12/h1-3,5-6,13H,4,7-11,16H2,(H,17,20)/t13-/m1/s1. The maximum absolute atomic E-state index is 11.7. The Morgan fingerprint density at radius 3 is 2.81 bits per heavy atom. The zero-order chi connectivity index (χ0) is 15.1. The van der Waals surface area contributed by atoms with Crippen molar-refractivity contribution in [3.05, 3.63) is 35.9 Å². The Morgan fingerprint density at radius 1 is 1.33 bits per heavy atom. The zero-order valence-corrected chi connectivity index (χ0v) is 12.0. The minimum Gasteiger partial charge on any atom is -0.445 e. The van der Waals surface area contributed by atoms with Crippen molar-refractivity contribution >= 4 is 12.0 Å². The quantitative estimate of drug-likeness (QED) is 0.842. The molecular formula is C15H21N3O3. The minimum absolute atomic E-state index is 0.00888. The number of hydrogen-bond acceptors (Lipinski definition) is 4. The maximum atomic E-state index is 11.7. The second-order valence-corrected chi connectivity index (χ2v) is 5.03. The van der Waals surface area contributed by atoms with Gasteiger partial charge in [-0.2, -0.15) is 0 Å². The molecule has 3 N–H and O–H groups in total. The molecular weight excluding hydrogens is 270 g/mol. The summed E-state index contributed by atoms with van der Waals surface area (Å²) < 4.78 is 5.13. The van der Waals surface area contributed by atoms with E-state index < -0.39 is 6.09 Å². The van der Waals surface area contributed by atoms with Crippen molar-refractivity contribution in [2.75, 3.05) is 19.6 Å². The molecule has 1 saturated heterocycles. The summed E-state index contributed by atoms with van der Waals surface area (Å²) in [4.78, 5) is 25.0. The predicted molar refractivity (Wildman–Crippen MR) is 78.4 cm³/mol. The first kappa shape index (κ1) is 15.3. The number of alkyl carbamates (subject to hydrolysis) is 1. The van der Waals surface area contributed by atoms with Gasteiger partial charge in [-0.1, -0.05) is 30.3 Å². The maximum Gasteiger partial charge on any atom is 0.407 e. The van der Waals surface area contributed by atoms with E-state index in [-0.39, 0.29) is 25.1 Å². The lowest BCUT2D eigenvalue weighted by Crippen LogP contribution is -2.45. The molecule has 1 aliphatic rings. The van der Waals surface area contributed by atoms with E-state index in [1.165, 1.54) is 0 Å². The summed E-state index contributed by atoms with van der Waals surface area (Å²) in [5.41, 5.74) is 6.32. The molecule has 0 aliphatic carbocycles. The summed E-state index contributed by atoms with van der Waals surface area (Å²) in [6.07, 6.45) is 1.35. The fourth-order valence-corrected chi connectivity index (χ4v) is 2.47. The van der Waals surface area contributed by atoms with E-state index in [9.17, 15) is 9.59 Å². The van der Waals surface area contributed by atoms with Crippen LogP contribution in [0.4, 0.5) is 4.79 Å². The number of carbonyl (C=O) groups excluding carboxylic acids is 2. The molecule has 2 amide bonds. The normalized spacial score (nSPS) is 17.6. The molecule has 1 aromatic rings. The summed E-state index contributed by atoms with van der Waals surface area (Å²) in [5.74, 6) is -0.0723. The molecule has 0 saturated carbocycles. The second kappa shape index (κ2) is 7.64. The first-order valence-electron chi connectivity index (χ1n) is 7.15. The summed E-state index contributed by atoms with van der Waals surface area (Å²) >= 11 is 0. The van der Waals surface area contributed by atoms with Crippen molar-refractivity contribution in [3.8, 4) is 0 Å². The number of rotatable bonds is 5. The highest BCUT2D eigenvalue weighted by molar-refractivity contribution is 5.78. The Labute approximate surface area is 124 Å². The van der Waals surface area contributed by atoms with Crippen LogP contribution >= 0.6 is 0 Å². The van der Waals surface area contributed by atoms with Gasteiger partial charge in [-0.05, 0) is 18.4 Å². The molecule has 0 bridgehead atoms. The predicted octanol–water partition coefficient (Wildman–Crippen LogP) is 0.863. The molecule has 2 rings (SSSR count). The summed E-state index contributed by atoms with van der Waals surface area (Å²) in [6.45, 7) is 1.36. The molecule has 6 nitrogen and oxygen atoms in total. The van der Waals surface area contributed by atoms with Crippen LogP contribution in [0.1, 0.15) is 18.4 Å². The Kier molecular flexibility index (Phi) is 5.57. The SMILES string of the molecule is NCC(=O)N1CCC[C@@H]1CNC(=O)OCc1ccccc1. The van der Waals surface area contributed by atoms with E-state index in [0.717, 1.165) is 18.4 Å². The molecule has 6 heteroatoms. The highest BCUT2D eigenvalue weighted by Crippen LogP contribution is 2.16. The third kappa shape index (κ3) is 4.46. The average molecular weight is 291 g/mol. The van der Waals surface area contributed by atoms with E-state index in [0.29, 0.717) is 13.1 Å². The molecule has 1 aliphatic heterocycles. The number of ether oxygens (including phenoxy) is 1. The van der Waals surface area contributed by atoms with Gasteiger partial charge in [0.25, 0.3) is 0 Å². The van der Waals surface area contributed by atoms with Crippen molar-refractivity contribution in [3.63, 3.8) is 0 Å². The summed E-state index contributed by atoms with van der Waals surface area (Å²) in [6, 6.07) is 9.51. The van der Waals surface area contributed by atoms with E-state index in [2.05, 4.69) is 5.32 Å². The molecule has 1 fully saturated rings. The van der Waals surface area contributed by atoms with Crippen molar-refractivity contribution in [1.82, 2.24) is 10.2 Å². The first-order valence-corrected chi connectivity index (χ1v) is 7.15. The lowest BCUT2D eigenvalue weighted by atomic mass is 10.2. The number of amides is 2. The molecule has 1 atom stereocenters. The van der Waals surface area contributed by atoms with Crippen LogP contribution in [0.3, 0.4) is 0 Å². The number of likely N-dealkylation sites (tertiary alicyclic amines) is 1. The molecule has 1 aromatic carbocycles. The van der Waals surface area contributed by atoms with Crippen LogP contribution in [-0.2, 0) is 16.1 Å². The van der Waals surface area contributed by atoms with Gasteiger partial charge >= 0.3 is 6.09 Å². The van der Waals surface area contributed by atoms with E-state index in [1.807, 2.05) is 30.3 Å². The Bertz CT molecular complexity index is 478. The number of nitrogens with one attached hydrogen (secondary N) is 1. The van der Waals surface area contributed by atoms with Gasteiger partial charge < -0.3 is 20.7 Å². The van der Waals surface area contributed by atoms with Gasteiger partial charge in [0.2, 0.25) is 5.91 Å². The number of nitrogens with zero attached hydrogens (tertiary/aromatic N) is 1. The lowest BCUT2D eigenvalue weighted by molar-refractivity contribution is -0.130. The molecule has 0 radical (unpaired) electrons. The fraction of sp³-hybridized carbons (Fsp3) is 0.467. The first-order chi connectivity index (χ1) is 10.2. The number of benzene rings is 1.